The second-order valence-electron chi connectivity index (χ2n) is 3.28. The zero-order valence-corrected chi connectivity index (χ0v) is 8.23. The number of nitrogens with one attached hydrogen (secondary N) is 1. The van der Waals surface area contributed by atoms with Gasteiger partial charge in [-0.1, -0.05) is 5.16 Å². The van der Waals surface area contributed by atoms with Crippen LogP contribution in [0.1, 0.15) is 19.3 Å². The van der Waals surface area contributed by atoms with E-state index in [0.29, 0.717) is 6.54 Å². The Morgan fingerprint density at radius 1 is 1.64 bits per heavy atom. The molecule has 1 aliphatic rings. The summed E-state index contributed by atoms with van der Waals surface area (Å²) >= 11 is 0. The SMILES string of the molecule is CNC(=O)C1CCCCN1C(N)=NO. The number of likely N-dealkylation sites (N-methyl/N-ethyl adjacent to an activating group) is 1. The first-order valence-corrected chi connectivity index (χ1v) is 4.66. The van der Waals surface area contributed by atoms with Crippen molar-refractivity contribution in [3.05, 3.63) is 0 Å². The first-order chi connectivity index (χ1) is 6.70. The number of oxime groups is 1. The van der Waals surface area contributed by atoms with Crippen LogP contribution >= 0.6 is 0 Å². The Balaban J connectivity index is 2.73. The highest BCUT2D eigenvalue weighted by molar-refractivity contribution is 5.88. The van der Waals surface area contributed by atoms with Crippen LogP contribution in [-0.2, 0) is 4.79 Å². The van der Waals surface area contributed by atoms with Gasteiger partial charge in [-0.15, -0.1) is 0 Å². The van der Waals surface area contributed by atoms with Crippen LogP contribution in [0.4, 0.5) is 0 Å². The van der Waals surface area contributed by atoms with Gasteiger partial charge in [-0.05, 0) is 19.3 Å². The van der Waals surface area contributed by atoms with E-state index >= 15 is 0 Å². The number of hydrogen-bond acceptors (Lipinski definition) is 3. The fourth-order valence-corrected chi connectivity index (χ4v) is 1.70. The molecule has 1 fully saturated rings. The molecular weight excluding hydrogens is 184 g/mol. The molecule has 1 saturated heterocycles. The molecule has 6 nitrogen and oxygen atoms in total. The van der Waals surface area contributed by atoms with Crippen LogP contribution in [0.25, 0.3) is 0 Å². The molecule has 0 aromatic heterocycles. The Morgan fingerprint density at radius 3 is 2.93 bits per heavy atom. The average molecular weight is 200 g/mol. The van der Waals surface area contributed by atoms with Crippen LogP contribution in [0.5, 0.6) is 0 Å². The highest BCUT2D eigenvalue weighted by Gasteiger charge is 2.29. The number of hydrogen-bond donors (Lipinski definition) is 3. The van der Waals surface area contributed by atoms with Gasteiger partial charge >= 0.3 is 0 Å². The van der Waals surface area contributed by atoms with E-state index in [2.05, 4.69) is 10.5 Å². The summed E-state index contributed by atoms with van der Waals surface area (Å²) in [5, 5.41) is 14.0. The lowest BCUT2D eigenvalue weighted by molar-refractivity contribution is -0.125. The largest absolute Gasteiger partial charge is 0.408 e. The van der Waals surface area contributed by atoms with Gasteiger partial charge in [0.2, 0.25) is 11.9 Å². The number of amides is 1. The summed E-state index contributed by atoms with van der Waals surface area (Å²) in [6.45, 7) is 0.661. The number of likely N-dealkylation sites (tertiary alicyclic amines) is 1. The standard InChI is InChI=1S/C8H16N4O2/c1-10-7(13)6-4-2-3-5-12(6)8(9)11-14/h6,14H,2-5H2,1H3,(H2,9,11)(H,10,13). The summed E-state index contributed by atoms with van der Waals surface area (Å²) in [5.74, 6) is -0.0744. The highest BCUT2D eigenvalue weighted by Crippen LogP contribution is 2.16. The van der Waals surface area contributed by atoms with Crippen molar-refractivity contribution >= 4 is 11.9 Å². The van der Waals surface area contributed by atoms with Crippen molar-refractivity contribution in [2.24, 2.45) is 10.9 Å². The minimum atomic E-state index is -0.301. The van der Waals surface area contributed by atoms with Crippen molar-refractivity contribution in [1.29, 1.82) is 0 Å². The summed E-state index contributed by atoms with van der Waals surface area (Å²) in [6.07, 6.45) is 2.70. The fourth-order valence-electron chi connectivity index (χ4n) is 1.70. The van der Waals surface area contributed by atoms with Crippen LogP contribution < -0.4 is 11.1 Å². The van der Waals surface area contributed by atoms with Crippen molar-refractivity contribution in [1.82, 2.24) is 10.2 Å². The molecule has 80 valence electrons. The van der Waals surface area contributed by atoms with Crippen LogP contribution in [0.2, 0.25) is 0 Å². The Bertz CT molecular complexity index is 241. The summed E-state index contributed by atoms with van der Waals surface area (Å²) in [7, 11) is 1.58. The average Bonchev–Trinajstić information content (AvgIpc) is 2.27. The van der Waals surface area contributed by atoms with Gasteiger partial charge in [-0.25, -0.2) is 0 Å². The molecule has 1 unspecified atom stereocenters. The second-order valence-corrected chi connectivity index (χ2v) is 3.28. The summed E-state index contributed by atoms with van der Waals surface area (Å²) < 4.78 is 0. The van der Waals surface area contributed by atoms with E-state index in [1.807, 2.05) is 0 Å². The maximum Gasteiger partial charge on any atom is 0.242 e. The Kier molecular flexibility index (Phi) is 3.55. The second kappa shape index (κ2) is 4.69. The number of nitrogens with zero attached hydrogens (tertiary/aromatic N) is 2. The molecule has 1 amide bonds. The number of guanidine groups is 1. The molecule has 0 radical (unpaired) electrons. The Morgan fingerprint density at radius 2 is 2.36 bits per heavy atom. The zero-order chi connectivity index (χ0) is 10.6. The van der Waals surface area contributed by atoms with Gasteiger partial charge in [0, 0.05) is 13.6 Å². The van der Waals surface area contributed by atoms with E-state index in [4.69, 9.17) is 10.9 Å². The van der Waals surface area contributed by atoms with Gasteiger partial charge in [0.25, 0.3) is 0 Å². The van der Waals surface area contributed by atoms with Crippen LogP contribution in [0.15, 0.2) is 5.16 Å². The molecule has 6 heteroatoms. The minimum absolute atomic E-state index is 0.0123. The number of nitrogens with two attached hydrogens (primary N) is 1. The third kappa shape index (κ3) is 2.07. The lowest BCUT2D eigenvalue weighted by atomic mass is 10.0. The molecule has 0 aromatic carbocycles. The van der Waals surface area contributed by atoms with E-state index in [9.17, 15) is 4.79 Å². The van der Waals surface area contributed by atoms with Crippen molar-refractivity contribution in [2.75, 3.05) is 13.6 Å². The first-order valence-electron chi connectivity index (χ1n) is 4.66. The monoisotopic (exact) mass is 200 g/mol. The Hall–Kier alpha value is -1.46. The number of carbonyl (C=O) groups is 1. The lowest BCUT2D eigenvalue weighted by Crippen LogP contribution is -2.53. The Labute approximate surface area is 82.7 Å². The van der Waals surface area contributed by atoms with E-state index in [1.54, 1.807) is 11.9 Å². The molecule has 1 atom stereocenters. The molecule has 1 heterocycles. The minimum Gasteiger partial charge on any atom is -0.408 e. The van der Waals surface area contributed by atoms with Gasteiger partial charge < -0.3 is 21.2 Å². The van der Waals surface area contributed by atoms with E-state index in [1.165, 1.54) is 0 Å². The number of piperidine rings is 1. The number of rotatable bonds is 1. The lowest BCUT2D eigenvalue weighted by Gasteiger charge is -2.34. The molecule has 4 N–H and O–H groups in total. The van der Waals surface area contributed by atoms with Gasteiger partial charge in [-0.3, -0.25) is 4.79 Å². The predicted molar refractivity (Wildman–Crippen MR) is 51.8 cm³/mol. The molecule has 1 aliphatic heterocycles. The molecule has 0 aliphatic carbocycles. The van der Waals surface area contributed by atoms with Crippen molar-refractivity contribution < 1.29 is 10.0 Å². The van der Waals surface area contributed by atoms with Gasteiger partial charge in [0.05, 0.1) is 0 Å². The summed E-state index contributed by atoms with van der Waals surface area (Å²) in [5.41, 5.74) is 5.48. The van der Waals surface area contributed by atoms with Crippen LogP contribution in [0, 0.1) is 0 Å². The molecule has 0 aromatic rings. The topological polar surface area (TPSA) is 91.0 Å². The summed E-state index contributed by atoms with van der Waals surface area (Å²) in [4.78, 5) is 13.1. The van der Waals surface area contributed by atoms with Gasteiger partial charge in [-0.2, -0.15) is 0 Å². The molecule has 14 heavy (non-hydrogen) atoms. The first kappa shape index (κ1) is 10.6. The van der Waals surface area contributed by atoms with Gasteiger partial charge in [0.15, 0.2) is 0 Å². The zero-order valence-electron chi connectivity index (χ0n) is 8.23. The molecule has 1 rings (SSSR count). The van der Waals surface area contributed by atoms with E-state index < -0.39 is 0 Å². The van der Waals surface area contributed by atoms with Crippen molar-refractivity contribution in [3.63, 3.8) is 0 Å². The third-order valence-electron chi connectivity index (χ3n) is 2.45. The van der Waals surface area contributed by atoms with E-state index in [-0.39, 0.29) is 17.9 Å². The number of carbonyl (C=O) groups excluding carboxylic acids is 1. The maximum atomic E-state index is 11.5. The van der Waals surface area contributed by atoms with E-state index in [0.717, 1.165) is 19.3 Å². The highest BCUT2D eigenvalue weighted by atomic mass is 16.4. The smallest absolute Gasteiger partial charge is 0.242 e. The quantitative estimate of drug-likeness (QED) is 0.226. The normalized spacial score (nSPS) is 23.4. The summed E-state index contributed by atoms with van der Waals surface area (Å²) in [6, 6.07) is -0.301. The molecule has 0 spiro atoms. The third-order valence-corrected chi connectivity index (χ3v) is 2.45. The molecular formula is C8H16N4O2. The van der Waals surface area contributed by atoms with Crippen LogP contribution in [0.3, 0.4) is 0 Å². The fraction of sp³-hybridized carbons (Fsp3) is 0.750. The molecule has 0 bridgehead atoms. The molecule has 0 saturated carbocycles. The van der Waals surface area contributed by atoms with Crippen molar-refractivity contribution in [3.8, 4) is 0 Å². The predicted octanol–water partition coefficient (Wildman–Crippen LogP) is -0.709. The van der Waals surface area contributed by atoms with Crippen LogP contribution in [-0.4, -0.2) is 41.6 Å². The maximum absolute atomic E-state index is 11.5. The van der Waals surface area contributed by atoms with Gasteiger partial charge in [0.1, 0.15) is 6.04 Å². The van der Waals surface area contributed by atoms with Crippen molar-refractivity contribution in [2.45, 2.75) is 25.3 Å².